The molecule has 0 saturated heterocycles. The van der Waals surface area contributed by atoms with Crippen molar-refractivity contribution in [2.24, 2.45) is 0 Å². The van der Waals surface area contributed by atoms with Crippen molar-refractivity contribution in [1.29, 1.82) is 0 Å². The van der Waals surface area contributed by atoms with Crippen LogP contribution in [-0.2, 0) is 16.2 Å². The van der Waals surface area contributed by atoms with Crippen LogP contribution in [-0.4, -0.2) is 13.4 Å². The van der Waals surface area contributed by atoms with Crippen LogP contribution in [0.1, 0.15) is 5.56 Å². The van der Waals surface area contributed by atoms with Crippen LogP contribution in [0.2, 0.25) is 0 Å². The number of pyridine rings is 1. The lowest BCUT2D eigenvalue weighted by Crippen LogP contribution is -2.14. The van der Waals surface area contributed by atoms with Crippen molar-refractivity contribution in [3.63, 3.8) is 0 Å². The quantitative estimate of drug-likeness (QED) is 0.948. The highest BCUT2D eigenvalue weighted by Gasteiger charge is 2.30. The van der Waals surface area contributed by atoms with E-state index in [1.165, 1.54) is 18.3 Å². The molecule has 0 bridgehead atoms. The van der Waals surface area contributed by atoms with Crippen LogP contribution < -0.4 is 4.72 Å². The van der Waals surface area contributed by atoms with Gasteiger partial charge in [0.1, 0.15) is 0 Å². The van der Waals surface area contributed by atoms with Crippen molar-refractivity contribution < 1.29 is 21.6 Å². The molecule has 8 heteroatoms. The molecule has 0 radical (unpaired) electrons. The Hall–Kier alpha value is -2.09. The molecule has 1 heterocycles. The molecule has 0 saturated carbocycles. The maximum Gasteiger partial charge on any atom is 0.416 e. The second kappa shape index (κ2) is 5.12. The third-order valence-corrected chi connectivity index (χ3v) is 3.67. The van der Waals surface area contributed by atoms with E-state index in [1.807, 2.05) is 0 Å². The summed E-state index contributed by atoms with van der Waals surface area (Å²) in [6.07, 6.45) is -3.15. The lowest BCUT2D eigenvalue weighted by atomic mass is 10.2. The molecule has 0 unspecified atom stereocenters. The number of sulfonamides is 1. The maximum atomic E-state index is 12.4. The van der Waals surface area contributed by atoms with Gasteiger partial charge < -0.3 is 0 Å². The van der Waals surface area contributed by atoms with Gasteiger partial charge in [-0.1, -0.05) is 6.07 Å². The second-order valence-corrected chi connectivity index (χ2v) is 5.48. The minimum atomic E-state index is -4.46. The van der Waals surface area contributed by atoms with E-state index in [4.69, 9.17) is 0 Å². The summed E-state index contributed by atoms with van der Waals surface area (Å²) in [6, 6.07) is 8.02. The van der Waals surface area contributed by atoms with Gasteiger partial charge in [-0.2, -0.15) is 21.6 Å². The monoisotopic (exact) mass is 302 g/mol. The van der Waals surface area contributed by atoms with Crippen LogP contribution in [0.25, 0.3) is 0 Å². The molecule has 2 aromatic rings. The van der Waals surface area contributed by atoms with Crippen LogP contribution in [0.3, 0.4) is 0 Å². The van der Waals surface area contributed by atoms with Crippen molar-refractivity contribution in [3.8, 4) is 0 Å². The highest BCUT2D eigenvalue weighted by atomic mass is 32.2. The second-order valence-electron chi connectivity index (χ2n) is 3.85. The van der Waals surface area contributed by atoms with Crippen LogP contribution in [0.5, 0.6) is 0 Å². The Bertz CT molecular complexity index is 683. The first-order valence-electron chi connectivity index (χ1n) is 5.40. The Kier molecular flexibility index (Phi) is 3.67. The lowest BCUT2D eigenvalue weighted by molar-refractivity contribution is -0.137. The Morgan fingerprint density at radius 3 is 2.15 bits per heavy atom. The van der Waals surface area contributed by atoms with Gasteiger partial charge in [0.05, 0.1) is 5.56 Å². The molecule has 0 spiro atoms. The molecule has 0 aliphatic carbocycles. The number of anilines is 1. The van der Waals surface area contributed by atoms with E-state index in [-0.39, 0.29) is 10.7 Å². The molecular formula is C12H9F3N2O2S. The Morgan fingerprint density at radius 1 is 1.00 bits per heavy atom. The largest absolute Gasteiger partial charge is 0.416 e. The fourth-order valence-electron chi connectivity index (χ4n) is 1.44. The maximum absolute atomic E-state index is 12.4. The van der Waals surface area contributed by atoms with Gasteiger partial charge in [-0.3, -0.25) is 4.72 Å². The van der Waals surface area contributed by atoms with Gasteiger partial charge in [0.15, 0.2) is 5.03 Å². The normalized spacial score (nSPS) is 12.2. The summed E-state index contributed by atoms with van der Waals surface area (Å²) in [4.78, 5) is 3.67. The number of nitrogens with one attached hydrogen (secondary N) is 1. The first-order chi connectivity index (χ1) is 9.29. The Balaban J connectivity index is 2.23. The number of hydrogen-bond acceptors (Lipinski definition) is 3. The van der Waals surface area contributed by atoms with Gasteiger partial charge in [0, 0.05) is 11.9 Å². The summed E-state index contributed by atoms with van der Waals surface area (Å²) in [5.74, 6) is 0. The molecule has 4 nitrogen and oxygen atoms in total. The fraction of sp³-hybridized carbons (Fsp3) is 0.0833. The summed E-state index contributed by atoms with van der Waals surface area (Å²) in [5, 5.41) is -0.208. The van der Waals surface area contributed by atoms with Gasteiger partial charge in [-0.05, 0) is 36.4 Å². The highest BCUT2D eigenvalue weighted by molar-refractivity contribution is 7.92. The van der Waals surface area contributed by atoms with Crippen molar-refractivity contribution in [3.05, 3.63) is 54.2 Å². The molecule has 20 heavy (non-hydrogen) atoms. The first kappa shape index (κ1) is 14.3. The van der Waals surface area contributed by atoms with Gasteiger partial charge in [0.25, 0.3) is 10.0 Å². The van der Waals surface area contributed by atoms with Crippen molar-refractivity contribution >= 4 is 15.7 Å². The standard InChI is InChI=1S/C12H9F3N2O2S/c13-12(14,15)9-4-6-10(7-5-9)17-20(18,19)11-3-1-2-8-16-11/h1-8,17H. The van der Waals surface area contributed by atoms with E-state index in [0.29, 0.717) is 0 Å². The molecule has 1 aromatic heterocycles. The molecule has 0 aliphatic heterocycles. The van der Waals surface area contributed by atoms with Crippen LogP contribution in [0, 0.1) is 0 Å². The van der Waals surface area contributed by atoms with E-state index in [1.54, 1.807) is 6.07 Å². The molecule has 106 valence electrons. The molecule has 0 aliphatic rings. The van der Waals surface area contributed by atoms with Crippen molar-refractivity contribution in [2.45, 2.75) is 11.2 Å². The predicted molar refractivity (Wildman–Crippen MR) is 66.5 cm³/mol. The minimum Gasteiger partial charge on any atom is -0.278 e. The molecule has 0 fully saturated rings. The highest BCUT2D eigenvalue weighted by Crippen LogP contribution is 2.30. The molecule has 2 rings (SSSR count). The van der Waals surface area contributed by atoms with E-state index in [0.717, 1.165) is 24.3 Å². The third-order valence-electron chi connectivity index (χ3n) is 2.38. The first-order valence-corrected chi connectivity index (χ1v) is 6.88. The van der Waals surface area contributed by atoms with E-state index in [9.17, 15) is 21.6 Å². The Morgan fingerprint density at radius 2 is 1.65 bits per heavy atom. The molecule has 1 N–H and O–H groups in total. The number of nitrogens with zero attached hydrogens (tertiary/aromatic N) is 1. The smallest absolute Gasteiger partial charge is 0.278 e. The van der Waals surface area contributed by atoms with Crippen molar-refractivity contribution in [1.82, 2.24) is 4.98 Å². The summed E-state index contributed by atoms with van der Waals surface area (Å²) in [7, 11) is -3.90. The summed E-state index contributed by atoms with van der Waals surface area (Å²) >= 11 is 0. The third kappa shape index (κ3) is 3.27. The SMILES string of the molecule is O=S(=O)(Nc1ccc(C(F)(F)F)cc1)c1ccccn1. The minimum absolute atomic E-state index is 0.0312. The van der Waals surface area contributed by atoms with Gasteiger partial charge in [0.2, 0.25) is 0 Å². The molecule has 0 amide bonds. The number of rotatable bonds is 3. The molecule has 1 aromatic carbocycles. The number of benzene rings is 1. The Labute approximate surface area is 113 Å². The summed E-state index contributed by atoms with van der Waals surface area (Å²) in [5.41, 5.74) is -0.818. The number of aromatic nitrogens is 1. The summed E-state index contributed by atoms with van der Waals surface area (Å²) < 4.78 is 63.1. The van der Waals surface area contributed by atoms with E-state index in [2.05, 4.69) is 9.71 Å². The van der Waals surface area contributed by atoms with E-state index < -0.39 is 21.8 Å². The topological polar surface area (TPSA) is 59.1 Å². The van der Waals surface area contributed by atoms with Gasteiger partial charge in [-0.15, -0.1) is 0 Å². The molecular weight excluding hydrogens is 293 g/mol. The summed E-state index contributed by atoms with van der Waals surface area (Å²) in [6.45, 7) is 0. The predicted octanol–water partition coefficient (Wildman–Crippen LogP) is 2.90. The van der Waals surface area contributed by atoms with Crippen LogP contribution >= 0.6 is 0 Å². The van der Waals surface area contributed by atoms with Crippen LogP contribution in [0.15, 0.2) is 53.7 Å². The average Bonchev–Trinajstić information content (AvgIpc) is 2.39. The average molecular weight is 302 g/mol. The van der Waals surface area contributed by atoms with Gasteiger partial charge in [-0.25, -0.2) is 4.98 Å². The number of halogens is 3. The fourth-order valence-corrected chi connectivity index (χ4v) is 2.45. The molecule has 0 atom stereocenters. The van der Waals surface area contributed by atoms with Crippen molar-refractivity contribution in [2.75, 3.05) is 4.72 Å². The number of alkyl halides is 3. The van der Waals surface area contributed by atoms with Crippen LogP contribution in [0.4, 0.5) is 18.9 Å². The lowest BCUT2D eigenvalue weighted by Gasteiger charge is -2.09. The zero-order valence-corrected chi connectivity index (χ0v) is 10.7. The zero-order chi connectivity index (χ0) is 14.8. The van der Waals surface area contributed by atoms with E-state index >= 15 is 0 Å². The number of hydrogen-bond donors (Lipinski definition) is 1. The van der Waals surface area contributed by atoms with Gasteiger partial charge >= 0.3 is 6.18 Å². The zero-order valence-electron chi connectivity index (χ0n) is 9.92.